The first-order valence-electron chi connectivity index (χ1n) is 10.1. The Labute approximate surface area is 188 Å². The standard InChI is InChI=1S/C23H18N2O7S/c1-24-21-17(26)11-18(32-22(21)14-7-3-5-9-19(14)33(24,30)31)15-10-13-6-2-4-8-16(13)25(23(15)29)12-20(27)28/h2-10,18H,11-12H2,1H3,(H,27,28). The lowest BCUT2D eigenvalue weighted by atomic mass is 9.97. The summed E-state index contributed by atoms with van der Waals surface area (Å²) in [6.07, 6.45) is -1.27. The Kier molecular flexibility index (Phi) is 4.64. The van der Waals surface area contributed by atoms with Crippen molar-refractivity contribution in [1.82, 2.24) is 8.87 Å². The van der Waals surface area contributed by atoms with Crippen molar-refractivity contribution in [2.75, 3.05) is 7.05 Å². The molecule has 1 N–H and O–H groups in total. The van der Waals surface area contributed by atoms with E-state index in [0.717, 1.165) is 8.87 Å². The molecule has 0 radical (unpaired) electrons. The normalized spacial score (nSPS) is 19.1. The van der Waals surface area contributed by atoms with Crippen molar-refractivity contribution in [1.29, 1.82) is 0 Å². The zero-order chi connectivity index (χ0) is 23.5. The molecule has 3 aromatic rings. The largest absolute Gasteiger partial charge is 0.482 e. The molecule has 1 atom stereocenters. The fraction of sp³-hybridized carbons (Fsp3) is 0.174. The molecule has 9 nitrogen and oxygen atoms in total. The number of carboxylic acids is 1. The molecule has 2 aliphatic rings. The number of carbonyl (C=O) groups is 2. The maximum absolute atomic E-state index is 13.3. The summed E-state index contributed by atoms with van der Waals surface area (Å²) in [4.78, 5) is 37.8. The fourth-order valence-electron chi connectivity index (χ4n) is 4.33. The Hall–Kier alpha value is -3.92. The first-order valence-corrected chi connectivity index (χ1v) is 11.5. The molecule has 1 aromatic heterocycles. The molecule has 10 heteroatoms. The van der Waals surface area contributed by atoms with Crippen molar-refractivity contribution in [3.63, 3.8) is 0 Å². The van der Waals surface area contributed by atoms with Crippen LogP contribution in [0.3, 0.4) is 0 Å². The number of allylic oxidation sites excluding steroid dienone is 1. The number of aromatic nitrogens is 1. The van der Waals surface area contributed by atoms with Crippen LogP contribution in [0.25, 0.3) is 16.7 Å². The molecule has 3 heterocycles. The predicted octanol–water partition coefficient (Wildman–Crippen LogP) is 2.12. The molecule has 5 rings (SSSR count). The highest BCUT2D eigenvalue weighted by molar-refractivity contribution is 7.89. The second kappa shape index (κ2) is 7.31. The van der Waals surface area contributed by atoms with Crippen LogP contribution >= 0.6 is 0 Å². The van der Waals surface area contributed by atoms with Crippen molar-refractivity contribution in [2.24, 2.45) is 0 Å². The summed E-state index contributed by atoms with van der Waals surface area (Å²) in [5.74, 6) is -1.58. The van der Waals surface area contributed by atoms with Crippen LogP contribution in [0.15, 0.2) is 70.0 Å². The van der Waals surface area contributed by atoms with Gasteiger partial charge in [0.25, 0.3) is 15.6 Å². The first kappa shape index (κ1) is 21.0. The van der Waals surface area contributed by atoms with Crippen LogP contribution < -0.4 is 5.56 Å². The van der Waals surface area contributed by atoms with Gasteiger partial charge >= 0.3 is 5.97 Å². The average molecular weight is 466 g/mol. The van der Waals surface area contributed by atoms with Gasteiger partial charge in [0.15, 0.2) is 11.5 Å². The number of nitrogens with zero attached hydrogens (tertiary/aromatic N) is 2. The maximum atomic E-state index is 13.3. The molecule has 2 aliphatic heterocycles. The van der Waals surface area contributed by atoms with Crippen molar-refractivity contribution in [2.45, 2.75) is 24.0 Å². The molecular formula is C23H18N2O7S. The van der Waals surface area contributed by atoms with Crippen LogP contribution in [-0.4, -0.2) is 41.2 Å². The third-order valence-electron chi connectivity index (χ3n) is 5.87. The van der Waals surface area contributed by atoms with Crippen LogP contribution in [-0.2, 0) is 30.9 Å². The SMILES string of the molecule is CN1C2=C(OC(c3cc4ccccc4n(CC(=O)O)c3=O)CC2=O)c2ccccc2S1(=O)=O. The van der Waals surface area contributed by atoms with E-state index in [-0.39, 0.29) is 33.9 Å². The van der Waals surface area contributed by atoms with Gasteiger partial charge in [-0.25, -0.2) is 8.42 Å². The number of ketones is 1. The lowest BCUT2D eigenvalue weighted by Crippen LogP contribution is -2.39. The second-order valence-corrected chi connectivity index (χ2v) is 9.76. The topological polar surface area (TPSA) is 123 Å². The summed E-state index contributed by atoms with van der Waals surface area (Å²) in [6, 6.07) is 14.6. The van der Waals surface area contributed by atoms with E-state index in [1.165, 1.54) is 13.1 Å². The van der Waals surface area contributed by atoms with E-state index < -0.39 is 40.0 Å². The van der Waals surface area contributed by atoms with Crippen LogP contribution in [0.2, 0.25) is 0 Å². The quantitative estimate of drug-likeness (QED) is 0.627. The van der Waals surface area contributed by atoms with E-state index >= 15 is 0 Å². The Morgan fingerprint density at radius 1 is 1.12 bits per heavy atom. The molecule has 33 heavy (non-hydrogen) atoms. The first-order chi connectivity index (χ1) is 15.7. The Morgan fingerprint density at radius 3 is 2.58 bits per heavy atom. The molecule has 168 valence electrons. The van der Waals surface area contributed by atoms with Gasteiger partial charge in [-0.15, -0.1) is 0 Å². The number of Topliss-reactive ketones (excluding diaryl/α,β-unsaturated/α-hetero) is 1. The predicted molar refractivity (Wildman–Crippen MR) is 118 cm³/mol. The van der Waals surface area contributed by atoms with Gasteiger partial charge in [0.2, 0.25) is 0 Å². The average Bonchev–Trinajstić information content (AvgIpc) is 2.79. The number of ether oxygens (including phenoxy) is 1. The van der Waals surface area contributed by atoms with Gasteiger partial charge in [-0.1, -0.05) is 30.3 Å². The number of hydrogen-bond acceptors (Lipinski definition) is 6. The van der Waals surface area contributed by atoms with E-state index in [2.05, 4.69) is 0 Å². The van der Waals surface area contributed by atoms with E-state index in [9.17, 15) is 27.9 Å². The molecule has 0 bridgehead atoms. The summed E-state index contributed by atoms with van der Waals surface area (Å²) in [5, 5.41) is 9.94. The second-order valence-electron chi connectivity index (χ2n) is 7.82. The minimum Gasteiger partial charge on any atom is -0.482 e. The van der Waals surface area contributed by atoms with Crippen molar-refractivity contribution in [3.8, 4) is 0 Å². The summed E-state index contributed by atoms with van der Waals surface area (Å²) in [7, 11) is -2.63. The van der Waals surface area contributed by atoms with Gasteiger partial charge in [0.05, 0.1) is 22.4 Å². The monoisotopic (exact) mass is 466 g/mol. The summed E-state index contributed by atoms with van der Waals surface area (Å²) >= 11 is 0. The summed E-state index contributed by atoms with van der Waals surface area (Å²) < 4.78 is 33.9. The third kappa shape index (κ3) is 3.13. The van der Waals surface area contributed by atoms with Gasteiger partial charge in [-0.05, 0) is 29.7 Å². The van der Waals surface area contributed by atoms with Crippen LogP contribution in [0.5, 0.6) is 0 Å². The number of sulfonamides is 1. The number of para-hydroxylation sites is 1. The lowest BCUT2D eigenvalue weighted by molar-refractivity contribution is -0.137. The molecule has 0 spiro atoms. The minimum atomic E-state index is -3.92. The number of hydrogen-bond donors (Lipinski definition) is 1. The maximum Gasteiger partial charge on any atom is 0.323 e. The number of rotatable bonds is 3. The zero-order valence-corrected chi connectivity index (χ0v) is 18.2. The van der Waals surface area contributed by atoms with E-state index in [1.807, 2.05) is 0 Å². The zero-order valence-electron chi connectivity index (χ0n) is 17.4. The van der Waals surface area contributed by atoms with Gasteiger partial charge in [-0.3, -0.25) is 23.3 Å². The van der Waals surface area contributed by atoms with Gasteiger partial charge in [-0.2, -0.15) is 0 Å². The smallest absolute Gasteiger partial charge is 0.323 e. The van der Waals surface area contributed by atoms with Crippen molar-refractivity contribution >= 4 is 38.4 Å². The van der Waals surface area contributed by atoms with Crippen molar-refractivity contribution in [3.05, 3.63) is 81.8 Å². The third-order valence-corrected chi connectivity index (χ3v) is 7.68. The van der Waals surface area contributed by atoms with E-state index in [4.69, 9.17) is 4.74 Å². The minimum absolute atomic E-state index is 0.00139. The fourth-order valence-corrected chi connectivity index (χ4v) is 5.74. The number of benzene rings is 2. The number of likely N-dealkylation sites (N-methyl/N-ethyl adjacent to an activating group) is 1. The number of aliphatic carboxylic acids is 1. The number of carbonyl (C=O) groups excluding carboxylic acids is 1. The molecule has 0 fully saturated rings. The molecule has 2 aromatic carbocycles. The number of carboxylic acid groups (broad SMARTS) is 1. The number of pyridine rings is 1. The molecule has 0 aliphatic carbocycles. The molecule has 1 unspecified atom stereocenters. The van der Waals surface area contributed by atoms with Gasteiger partial charge < -0.3 is 9.84 Å². The highest BCUT2D eigenvalue weighted by Gasteiger charge is 2.43. The van der Waals surface area contributed by atoms with Crippen LogP contribution in [0.4, 0.5) is 0 Å². The highest BCUT2D eigenvalue weighted by atomic mass is 32.2. The molecule has 0 saturated carbocycles. The Morgan fingerprint density at radius 2 is 1.82 bits per heavy atom. The molecular weight excluding hydrogens is 448 g/mol. The molecule has 0 saturated heterocycles. The van der Waals surface area contributed by atoms with E-state index in [1.54, 1.807) is 48.5 Å². The Balaban J connectivity index is 1.69. The van der Waals surface area contributed by atoms with Crippen LogP contribution in [0, 0.1) is 0 Å². The van der Waals surface area contributed by atoms with Crippen molar-refractivity contribution < 1.29 is 27.9 Å². The summed E-state index contributed by atoms with van der Waals surface area (Å²) in [5.41, 5.74) is 0.155. The summed E-state index contributed by atoms with van der Waals surface area (Å²) in [6.45, 7) is -0.550. The van der Waals surface area contributed by atoms with E-state index in [0.29, 0.717) is 10.9 Å². The molecule has 0 amide bonds. The Bertz CT molecular complexity index is 1550. The highest BCUT2D eigenvalue weighted by Crippen LogP contribution is 2.43. The van der Waals surface area contributed by atoms with Gasteiger partial charge in [0.1, 0.15) is 18.3 Å². The lowest BCUT2D eigenvalue weighted by Gasteiger charge is -2.36. The van der Waals surface area contributed by atoms with Crippen LogP contribution in [0.1, 0.15) is 23.7 Å². The number of fused-ring (bicyclic) bond motifs is 3. The van der Waals surface area contributed by atoms with Gasteiger partial charge in [0, 0.05) is 12.6 Å².